The predicted octanol–water partition coefficient (Wildman–Crippen LogP) is 4.13. The van der Waals surface area contributed by atoms with Gasteiger partial charge in [0, 0.05) is 11.7 Å². The molecule has 21 heavy (non-hydrogen) atoms. The van der Waals surface area contributed by atoms with Crippen molar-refractivity contribution in [3.05, 3.63) is 28.8 Å². The molecular formula is C15H21ClN2O3. The molecular weight excluding hydrogens is 292 g/mol. The number of nitrogens with one attached hydrogen (secondary N) is 2. The molecule has 0 spiro atoms. The topological polar surface area (TPSA) is 78.4 Å². The number of amides is 2. The summed E-state index contributed by atoms with van der Waals surface area (Å²) in [5.41, 5.74) is 0.362. The van der Waals surface area contributed by atoms with Gasteiger partial charge in [0.1, 0.15) is 0 Å². The van der Waals surface area contributed by atoms with E-state index in [0.29, 0.717) is 5.69 Å². The van der Waals surface area contributed by atoms with E-state index >= 15 is 0 Å². The molecule has 0 aliphatic rings. The highest BCUT2D eigenvalue weighted by molar-refractivity contribution is 6.33. The van der Waals surface area contributed by atoms with Crippen molar-refractivity contribution in [1.82, 2.24) is 5.32 Å². The highest BCUT2D eigenvalue weighted by Gasteiger charge is 2.12. The Morgan fingerprint density at radius 1 is 1.33 bits per heavy atom. The monoisotopic (exact) mass is 312 g/mol. The van der Waals surface area contributed by atoms with E-state index in [1.165, 1.54) is 12.1 Å². The van der Waals surface area contributed by atoms with E-state index in [9.17, 15) is 9.59 Å². The Morgan fingerprint density at radius 3 is 2.67 bits per heavy atom. The van der Waals surface area contributed by atoms with E-state index in [4.69, 9.17) is 16.7 Å². The molecule has 1 atom stereocenters. The number of carboxylic acid groups (broad SMARTS) is 1. The third-order valence-electron chi connectivity index (χ3n) is 3.07. The van der Waals surface area contributed by atoms with Gasteiger partial charge in [0.2, 0.25) is 0 Å². The van der Waals surface area contributed by atoms with Gasteiger partial charge in [-0.3, -0.25) is 0 Å². The number of aromatic carboxylic acids is 1. The lowest BCUT2D eigenvalue weighted by atomic mass is 10.1. The van der Waals surface area contributed by atoms with Gasteiger partial charge in [0.25, 0.3) is 0 Å². The van der Waals surface area contributed by atoms with Gasteiger partial charge in [-0.05, 0) is 31.5 Å². The lowest BCUT2D eigenvalue weighted by Gasteiger charge is -2.14. The maximum absolute atomic E-state index is 11.8. The van der Waals surface area contributed by atoms with Gasteiger partial charge in [-0.15, -0.1) is 0 Å². The van der Waals surface area contributed by atoms with Crippen molar-refractivity contribution in [2.45, 2.75) is 45.6 Å². The van der Waals surface area contributed by atoms with E-state index in [2.05, 4.69) is 17.6 Å². The number of carboxylic acids is 1. The molecule has 1 aromatic carbocycles. The van der Waals surface area contributed by atoms with Gasteiger partial charge in [-0.2, -0.15) is 0 Å². The third-order valence-corrected chi connectivity index (χ3v) is 3.40. The second-order valence-corrected chi connectivity index (χ2v) is 5.40. The van der Waals surface area contributed by atoms with Crippen molar-refractivity contribution in [2.75, 3.05) is 5.32 Å². The average Bonchev–Trinajstić information content (AvgIpc) is 2.40. The first-order valence-corrected chi connectivity index (χ1v) is 7.42. The molecule has 0 aliphatic carbocycles. The van der Waals surface area contributed by atoms with Crippen LogP contribution in [0.1, 0.15) is 49.9 Å². The summed E-state index contributed by atoms with van der Waals surface area (Å²) in [7, 11) is 0. The van der Waals surface area contributed by atoms with Crippen LogP contribution in [0.5, 0.6) is 0 Å². The summed E-state index contributed by atoms with van der Waals surface area (Å²) < 4.78 is 0. The molecule has 2 amide bonds. The minimum Gasteiger partial charge on any atom is -0.478 e. The quantitative estimate of drug-likeness (QED) is 0.662. The smallest absolute Gasteiger partial charge is 0.337 e. The van der Waals surface area contributed by atoms with Crippen molar-refractivity contribution in [2.24, 2.45) is 0 Å². The molecule has 1 aromatic rings. The Hall–Kier alpha value is -1.75. The maximum atomic E-state index is 11.8. The van der Waals surface area contributed by atoms with Crippen molar-refractivity contribution in [3.8, 4) is 0 Å². The van der Waals surface area contributed by atoms with E-state index in [-0.39, 0.29) is 22.7 Å². The summed E-state index contributed by atoms with van der Waals surface area (Å²) in [6.07, 6.45) is 4.28. The molecule has 0 radical (unpaired) electrons. The highest BCUT2D eigenvalue weighted by Crippen LogP contribution is 2.20. The molecule has 1 unspecified atom stereocenters. The fraction of sp³-hybridized carbons (Fsp3) is 0.467. The fourth-order valence-electron chi connectivity index (χ4n) is 1.93. The van der Waals surface area contributed by atoms with Gasteiger partial charge in [-0.25, -0.2) is 9.59 Å². The van der Waals surface area contributed by atoms with E-state index in [0.717, 1.165) is 25.7 Å². The first-order valence-electron chi connectivity index (χ1n) is 7.04. The van der Waals surface area contributed by atoms with Crippen molar-refractivity contribution in [1.29, 1.82) is 0 Å². The fourth-order valence-corrected chi connectivity index (χ4v) is 2.13. The lowest BCUT2D eigenvalue weighted by molar-refractivity contribution is 0.0697. The maximum Gasteiger partial charge on any atom is 0.337 e. The normalized spacial score (nSPS) is 11.8. The number of halogens is 1. The van der Waals surface area contributed by atoms with Crippen LogP contribution in [-0.4, -0.2) is 23.1 Å². The number of hydrogen-bond donors (Lipinski definition) is 3. The summed E-state index contributed by atoms with van der Waals surface area (Å²) in [5.74, 6) is -1.13. The van der Waals surface area contributed by atoms with Crippen LogP contribution in [-0.2, 0) is 0 Å². The van der Waals surface area contributed by atoms with E-state index < -0.39 is 5.97 Å². The van der Waals surface area contributed by atoms with Crippen LogP contribution in [0.15, 0.2) is 18.2 Å². The Kier molecular flexibility index (Phi) is 7.02. The van der Waals surface area contributed by atoms with Gasteiger partial charge in [0.15, 0.2) is 0 Å². The van der Waals surface area contributed by atoms with Crippen molar-refractivity contribution >= 4 is 29.3 Å². The second-order valence-electron chi connectivity index (χ2n) is 5.00. The molecule has 0 fully saturated rings. The van der Waals surface area contributed by atoms with E-state index in [1.54, 1.807) is 6.07 Å². The molecule has 1 rings (SSSR count). The van der Waals surface area contributed by atoms with Gasteiger partial charge < -0.3 is 15.7 Å². The Morgan fingerprint density at radius 2 is 2.05 bits per heavy atom. The molecule has 3 N–H and O–H groups in total. The van der Waals surface area contributed by atoms with Crippen LogP contribution in [0.25, 0.3) is 0 Å². The molecule has 0 aliphatic heterocycles. The number of unbranched alkanes of at least 4 members (excludes halogenated alkanes) is 2. The molecule has 0 saturated carbocycles. The largest absolute Gasteiger partial charge is 0.478 e. The number of hydrogen-bond acceptors (Lipinski definition) is 2. The zero-order valence-corrected chi connectivity index (χ0v) is 13.0. The van der Waals surface area contributed by atoms with Crippen molar-refractivity contribution in [3.63, 3.8) is 0 Å². The Balaban J connectivity index is 2.55. The van der Waals surface area contributed by atoms with Crippen LogP contribution in [0.2, 0.25) is 5.02 Å². The van der Waals surface area contributed by atoms with E-state index in [1.807, 2.05) is 6.92 Å². The minimum absolute atomic E-state index is 0.0366. The van der Waals surface area contributed by atoms with Crippen LogP contribution < -0.4 is 10.6 Å². The Labute approximate surface area is 129 Å². The zero-order chi connectivity index (χ0) is 15.8. The standard InChI is InChI=1S/C15H21ClN2O3/c1-3-4-5-6-10(2)17-15(21)18-11-7-8-13(16)12(9-11)14(19)20/h7-10H,3-6H2,1-2H3,(H,19,20)(H2,17,18,21). The summed E-state index contributed by atoms with van der Waals surface area (Å²) in [4.78, 5) is 22.8. The number of anilines is 1. The first-order chi connectivity index (χ1) is 9.93. The molecule has 116 valence electrons. The second kappa shape index (κ2) is 8.52. The first kappa shape index (κ1) is 17.3. The van der Waals surface area contributed by atoms with Crippen LogP contribution in [0.4, 0.5) is 10.5 Å². The van der Waals surface area contributed by atoms with Crippen LogP contribution in [0.3, 0.4) is 0 Å². The highest BCUT2D eigenvalue weighted by atomic mass is 35.5. The number of benzene rings is 1. The van der Waals surface area contributed by atoms with Crippen LogP contribution >= 0.6 is 11.6 Å². The molecule has 0 aromatic heterocycles. The van der Waals surface area contributed by atoms with Gasteiger partial charge in [-0.1, -0.05) is 37.8 Å². The summed E-state index contributed by atoms with van der Waals surface area (Å²) in [6.45, 7) is 4.07. The molecule has 0 saturated heterocycles. The molecule has 6 heteroatoms. The summed E-state index contributed by atoms with van der Waals surface area (Å²) in [5, 5.41) is 14.6. The minimum atomic E-state index is -1.13. The number of carbonyl (C=O) groups excluding carboxylic acids is 1. The number of carbonyl (C=O) groups is 2. The summed E-state index contributed by atoms with van der Waals surface area (Å²) in [6, 6.07) is 4.08. The van der Waals surface area contributed by atoms with Crippen LogP contribution in [0, 0.1) is 0 Å². The zero-order valence-electron chi connectivity index (χ0n) is 12.3. The van der Waals surface area contributed by atoms with Crippen molar-refractivity contribution < 1.29 is 14.7 Å². The SMILES string of the molecule is CCCCCC(C)NC(=O)Nc1ccc(Cl)c(C(=O)O)c1. The van der Waals surface area contributed by atoms with Gasteiger partial charge >= 0.3 is 12.0 Å². The Bertz CT molecular complexity index is 506. The van der Waals surface area contributed by atoms with Gasteiger partial charge in [0.05, 0.1) is 10.6 Å². The summed E-state index contributed by atoms with van der Waals surface area (Å²) >= 11 is 5.77. The molecule has 0 bridgehead atoms. The number of rotatable bonds is 7. The molecule has 0 heterocycles. The lowest BCUT2D eigenvalue weighted by Crippen LogP contribution is -2.36. The molecule has 5 nitrogen and oxygen atoms in total. The number of urea groups is 1. The average molecular weight is 313 g/mol. The predicted molar refractivity (Wildman–Crippen MR) is 84.2 cm³/mol. The third kappa shape index (κ3) is 6.04.